The van der Waals surface area contributed by atoms with E-state index in [0.29, 0.717) is 23.8 Å². The van der Waals surface area contributed by atoms with Crippen LogP contribution in [0.15, 0.2) is 24.3 Å². The first-order valence-corrected chi connectivity index (χ1v) is 5.96. The lowest BCUT2D eigenvalue weighted by Gasteiger charge is -2.06. The number of benzene rings is 1. The van der Waals surface area contributed by atoms with Crippen LogP contribution in [0.3, 0.4) is 0 Å². The molecule has 0 aliphatic rings. The van der Waals surface area contributed by atoms with Crippen molar-refractivity contribution in [1.29, 1.82) is 0 Å². The Morgan fingerprint density at radius 3 is 3.05 bits per heavy atom. The van der Waals surface area contributed by atoms with E-state index in [1.165, 1.54) is 0 Å². The molecule has 7 heteroatoms. The smallest absolute Gasteiger partial charge is 0.258 e. The second-order valence-corrected chi connectivity index (χ2v) is 3.91. The standard InChI is InChI=1S/C12H15N5O2/c1-3-7-17-12(14-15-16-17)13-11(18)9-5-4-6-10(8-9)19-2/h4-6,8H,3,7H2,1-2H3,(H,13,14,16,18). The fourth-order valence-corrected chi connectivity index (χ4v) is 1.59. The highest BCUT2D eigenvalue weighted by Crippen LogP contribution is 2.13. The summed E-state index contributed by atoms with van der Waals surface area (Å²) in [6.07, 6.45) is 0.882. The molecule has 0 unspecified atom stereocenters. The summed E-state index contributed by atoms with van der Waals surface area (Å²) in [6.45, 7) is 2.66. The average Bonchev–Trinajstić information content (AvgIpc) is 2.86. The third-order valence-corrected chi connectivity index (χ3v) is 2.52. The number of methoxy groups -OCH3 is 1. The lowest BCUT2D eigenvalue weighted by atomic mass is 10.2. The van der Waals surface area contributed by atoms with Gasteiger partial charge in [0.1, 0.15) is 5.75 Å². The fraction of sp³-hybridized carbons (Fsp3) is 0.333. The van der Waals surface area contributed by atoms with Gasteiger partial charge in [0.15, 0.2) is 0 Å². The van der Waals surface area contributed by atoms with Crippen molar-refractivity contribution in [1.82, 2.24) is 20.2 Å². The molecule has 100 valence electrons. The van der Waals surface area contributed by atoms with E-state index in [4.69, 9.17) is 4.74 Å². The molecule has 0 aliphatic carbocycles. The number of amides is 1. The molecule has 0 saturated heterocycles. The molecule has 2 aromatic rings. The first-order valence-electron chi connectivity index (χ1n) is 5.96. The molecule has 0 aliphatic heterocycles. The van der Waals surface area contributed by atoms with Gasteiger partial charge in [-0.3, -0.25) is 10.1 Å². The number of nitrogens with zero attached hydrogens (tertiary/aromatic N) is 4. The van der Waals surface area contributed by atoms with Gasteiger partial charge in [-0.15, -0.1) is 0 Å². The number of anilines is 1. The number of hydrogen-bond acceptors (Lipinski definition) is 5. The van der Waals surface area contributed by atoms with Crippen LogP contribution in [-0.2, 0) is 6.54 Å². The lowest BCUT2D eigenvalue weighted by Crippen LogP contribution is -2.16. The lowest BCUT2D eigenvalue weighted by molar-refractivity contribution is 0.102. The maximum absolute atomic E-state index is 12.1. The van der Waals surface area contributed by atoms with Crippen molar-refractivity contribution in [2.75, 3.05) is 12.4 Å². The van der Waals surface area contributed by atoms with Gasteiger partial charge >= 0.3 is 0 Å². The molecular formula is C12H15N5O2. The Kier molecular flexibility index (Phi) is 4.07. The first kappa shape index (κ1) is 13.0. The maximum Gasteiger partial charge on any atom is 0.258 e. The quantitative estimate of drug-likeness (QED) is 0.878. The first-order chi connectivity index (χ1) is 9.24. The van der Waals surface area contributed by atoms with E-state index in [9.17, 15) is 4.79 Å². The van der Waals surface area contributed by atoms with Gasteiger partial charge in [-0.25, -0.2) is 4.68 Å². The highest BCUT2D eigenvalue weighted by atomic mass is 16.5. The van der Waals surface area contributed by atoms with Crippen LogP contribution >= 0.6 is 0 Å². The summed E-state index contributed by atoms with van der Waals surface area (Å²) in [5, 5.41) is 13.8. The summed E-state index contributed by atoms with van der Waals surface area (Å²) >= 11 is 0. The number of ether oxygens (including phenoxy) is 1. The highest BCUT2D eigenvalue weighted by molar-refractivity contribution is 6.03. The number of aromatic nitrogens is 4. The number of tetrazole rings is 1. The predicted octanol–water partition coefficient (Wildman–Crippen LogP) is 1.34. The number of rotatable bonds is 5. The van der Waals surface area contributed by atoms with Crippen LogP contribution in [0.5, 0.6) is 5.75 Å². The Hall–Kier alpha value is -2.44. The molecule has 1 heterocycles. The molecule has 2 rings (SSSR count). The minimum Gasteiger partial charge on any atom is -0.497 e. The van der Waals surface area contributed by atoms with Crippen molar-refractivity contribution in [3.8, 4) is 5.75 Å². The molecule has 7 nitrogen and oxygen atoms in total. The van der Waals surface area contributed by atoms with E-state index in [0.717, 1.165) is 6.42 Å². The van der Waals surface area contributed by atoms with Crippen molar-refractivity contribution >= 4 is 11.9 Å². The van der Waals surface area contributed by atoms with Gasteiger partial charge in [0, 0.05) is 12.1 Å². The largest absolute Gasteiger partial charge is 0.497 e. The van der Waals surface area contributed by atoms with Crippen molar-refractivity contribution in [3.63, 3.8) is 0 Å². The van der Waals surface area contributed by atoms with Gasteiger partial charge in [0.05, 0.1) is 7.11 Å². The van der Waals surface area contributed by atoms with Crippen LogP contribution in [0, 0.1) is 0 Å². The van der Waals surface area contributed by atoms with E-state index in [1.807, 2.05) is 6.92 Å². The Bertz CT molecular complexity index is 567. The number of aryl methyl sites for hydroxylation is 1. The molecule has 1 aromatic carbocycles. The topological polar surface area (TPSA) is 81.9 Å². The zero-order valence-electron chi connectivity index (χ0n) is 10.8. The third-order valence-electron chi connectivity index (χ3n) is 2.52. The van der Waals surface area contributed by atoms with E-state index in [2.05, 4.69) is 20.8 Å². The normalized spacial score (nSPS) is 10.2. The van der Waals surface area contributed by atoms with Gasteiger partial charge in [0.2, 0.25) is 5.95 Å². The summed E-state index contributed by atoms with van der Waals surface area (Å²) in [6, 6.07) is 6.88. The molecule has 0 saturated carbocycles. The van der Waals surface area contributed by atoms with Crippen molar-refractivity contribution in [2.45, 2.75) is 19.9 Å². The summed E-state index contributed by atoms with van der Waals surface area (Å²) in [5.41, 5.74) is 0.491. The predicted molar refractivity (Wildman–Crippen MR) is 69.1 cm³/mol. The second-order valence-electron chi connectivity index (χ2n) is 3.91. The highest BCUT2D eigenvalue weighted by Gasteiger charge is 2.11. The van der Waals surface area contributed by atoms with Crippen LogP contribution in [0.2, 0.25) is 0 Å². The number of hydrogen-bond donors (Lipinski definition) is 1. The van der Waals surface area contributed by atoms with Gasteiger partial charge < -0.3 is 4.74 Å². The summed E-state index contributed by atoms with van der Waals surface area (Å²) in [5.74, 6) is 0.696. The van der Waals surface area contributed by atoms with Crippen molar-refractivity contribution in [3.05, 3.63) is 29.8 Å². The molecular weight excluding hydrogens is 246 g/mol. The van der Waals surface area contributed by atoms with Crippen LogP contribution in [0.25, 0.3) is 0 Å². The number of carbonyl (C=O) groups is 1. The minimum atomic E-state index is -0.272. The number of nitrogens with one attached hydrogen (secondary N) is 1. The van der Waals surface area contributed by atoms with Crippen LogP contribution in [-0.4, -0.2) is 33.2 Å². The van der Waals surface area contributed by atoms with Gasteiger partial charge in [0.25, 0.3) is 5.91 Å². The molecule has 1 amide bonds. The van der Waals surface area contributed by atoms with Crippen molar-refractivity contribution in [2.24, 2.45) is 0 Å². The number of carbonyl (C=O) groups excluding carboxylic acids is 1. The van der Waals surface area contributed by atoms with Crippen LogP contribution in [0.4, 0.5) is 5.95 Å². The molecule has 19 heavy (non-hydrogen) atoms. The van der Waals surface area contributed by atoms with Crippen molar-refractivity contribution < 1.29 is 9.53 Å². The zero-order valence-corrected chi connectivity index (χ0v) is 10.8. The molecule has 0 atom stereocenters. The average molecular weight is 261 g/mol. The maximum atomic E-state index is 12.1. The summed E-state index contributed by atoms with van der Waals surface area (Å²) < 4.78 is 6.63. The van der Waals surface area contributed by atoms with Crippen LogP contribution in [0.1, 0.15) is 23.7 Å². The molecule has 0 radical (unpaired) electrons. The van der Waals surface area contributed by atoms with E-state index in [1.54, 1.807) is 36.1 Å². The Labute approximate surface area is 110 Å². The molecule has 0 bridgehead atoms. The Morgan fingerprint density at radius 2 is 2.32 bits per heavy atom. The SMILES string of the molecule is CCCn1nnnc1NC(=O)c1cccc(OC)c1. The minimum absolute atomic E-state index is 0.272. The van der Waals surface area contributed by atoms with Crippen LogP contribution < -0.4 is 10.1 Å². The third kappa shape index (κ3) is 3.06. The molecule has 1 aromatic heterocycles. The van der Waals surface area contributed by atoms with Gasteiger partial charge in [-0.1, -0.05) is 18.1 Å². The summed E-state index contributed by atoms with van der Waals surface area (Å²) in [7, 11) is 1.55. The second kappa shape index (κ2) is 5.94. The zero-order chi connectivity index (χ0) is 13.7. The Balaban J connectivity index is 2.13. The van der Waals surface area contributed by atoms with Gasteiger partial charge in [-0.05, 0) is 35.0 Å². The monoisotopic (exact) mass is 261 g/mol. The molecule has 0 fully saturated rings. The fourth-order valence-electron chi connectivity index (χ4n) is 1.59. The van der Waals surface area contributed by atoms with Gasteiger partial charge in [-0.2, -0.15) is 0 Å². The molecule has 1 N–H and O–H groups in total. The van der Waals surface area contributed by atoms with E-state index < -0.39 is 0 Å². The van der Waals surface area contributed by atoms with E-state index >= 15 is 0 Å². The molecule has 0 spiro atoms. The Morgan fingerprint density at radius 1 is 1.47 bits per heavy atom. The van der Waals surface area contributed by atoms with E-state index in [-0.39, 0.29) is 5.91 Å². The summed E-state index contributed by atoms with van der Waals surface area (Å²) in [4.78, 5) is 12.1.